The Morgan fingerprint density at radius 1 is 1.47 bits per heavy atom. The van der Waals surface area contributed by atoms with Gasteiger partial charge in [-0.2, -0.15) is 0 Å². The molecule has 2 heterocycles. The highest BCUT2D eigenvalue weighted by molar-refractivity contribution is 6.65. The van der Waals surface area contributed by atoms with E-state index in [4.69, 9.17) is 25.6 Å². The summed E-state index contributed by atoms with van der Waals surface area (Å²) in [4.78, 5) is 0. The maximum absolute atomic E-state index is 6.21. The van der Waals surface area contributed by atoms with Gasteiger partial charge in [0.1, 0.15) is 12.4 Å². The van der Waals surface area contributed by atoms with Crippen molar-refractivity contribution in [3.8, 4) is 5.75 Å². The standard InChI is InChI=1S/C12H12BClO3/c1-3-9-11-8(14)4-5-10-12(11)13(17-9)16-7(2)6-15-10/h3-5,7,9H,1,6H2,2H3/t7?,9-/m1/s1. The molecule has 2 atom stereocenters. The fraction of sp³-hybridized carbons (Fsp3) is 0.333. The molecular weight excluding hydrogens is 238 g/mol. The van der Waals surface area contributed by atoms with E-state index in [1.807, 2.05) is 19.1 Å². The summed E-state index contributed by atoms with van der Waals surface area (Å²) in [7, 11) is -0.404. The van der Waals surface area contributed by atoms with Gasteiger partial charge in [-0.25, -0.2) is 0 Å². The lowest BCUT2D eigenvalue weighted by Crippen LogP contribution is -2.34. The molecule has 0 spiro atoms. The molecular formula is C12H12BClO3. The predicted molar refractivity (Wildman–Crippen MR) is 66.9 cm³/mol. The normalized spacial score (nSPS) is 26.1. The van der Waals surface area contributed by atoms with E-state index in [-0.39, 0.29) is 12.2 Å². The Bertz CT molecular complexity index is 477. The zero-order valence-corrected chi connectivity index (χ0v) is 10.2. The largest absolute Gasteiger partial charge is 0.499 e. The van der Waals surface area contributed by atoms with Gasteiger partial charge < -0.3 is 14.0 Å². The Balaban J connectivity index is 2.17. The average molecular weight is 250 g/mol. The third-order valence-electron chi connectivity index (χ3n) is 3.03. The number of ether oxygens (including phenoxy) is 1. The summed E-state index contributed by atoms with van der Waals surface area (Å²) in [5.74, 6) is 0.795. The molecule has 5 heteroatoms. The first-order valence-corrected chi connectivity index (χ1v) is 5.97. The fourth-order valence-electron chi connectivity index (χ4n) is 2.25. The molecule has 17 heavy (non-hydrogen) atoms. The van der Waals surface area contributed by atoms with Crippen LogP contribution in [0.2, 0.25) is 5.02 Å². The van der Waals surface area contributed by atoms with Crippen LogP contribution in [-0.2, 0) is 9.31 Å². The molecule has 1 aromatic carbocycles. The van der Waals surface area contributed by atoms with Gasteiger partial charge >= 0.3 is 7.12 Å². The second-order valence-corrected chi connectivity index (χ2v) is 4.66. The van der Waals surface area contributed by atoms with Crippen LogP contribution < -0.4 is 10.2 Å². The lowest BCUT2D eigenvalue weighted by atomic mass is 9.77. The first kappa shape index (κ1) is 11.1. The van der Waals surface area contributed by atoms with Crippen molar-refractivity contribution in [2.75, 3.05) is 6.61 Å². The van der Waals surface area contributed by atoms with Gasteiger partial charge in [0.25, 0.3) is 0 Å². The van der Waals surface area contributed by atoms with Gasteiger partial charge in [-0.15, -0.1) is 6.58 Å². The van der Waals surface area contributed by atoms with Gasteiger partial charge in [-0.3, -0.25) is 0 Å². The summed E-state index contributed by atoms with van der Waals surface area (Å²) in [6.07, 6.45) is 1.49. The van der Waals surface area contributed by atoms with Crippen molar-refractivity contribution in [3.63, 3.8) is 0 Å². The van der Waals surface area contributed by atoms with Gasteiger partial charge in [0, 0.05) is 16.0 Å². The lowest BCUT2D eigenvalue weighted by Gasteiger charge is -2.14. The smallest absolute Gasteiger partial charge is 0.491 e. The van der Waals surface area contributed by atoms with Crippen molar-refractivity contribution >= 4 is 24.2 Å². The third kappa shape index (κ3) is 1.68. The molecule has 0 radical (unpaired) electrons. The molecule has 0 bridgehead atoms. The van der Waals surface area contributed by atoms with Crippen LogP contribution in [0.4, 0.5) is 0 Å². The van der Waals surface area contributed by atoms with Gasteiger partial charge in [0.15, 0.2) is 0 Å². The molecule has 0 N–H and O–H groups in total. The molecule has 0 amide bonds. The van der Waals surface area contributed by atoms with Crippen LogP contribution in [0, 0.1) is 0 Å². The molecule has 88 valence electrons. The molecule has 3 rings (SSSR count). The van der Waals surface area contributed by atoms with E-state index in [0.717, 1.165) is 16.8 Å². The van der Waals surface area contributed by atoms with E-state index in [0.29, 0.717) is 11.6 Å². The zero-order chi connectivity index (χ0) is 12.0. The molecule has 0 saturated carbocycles. The molecule has 2 aliphatic heterocycles. The van der Waals surface area contributed by atoms with Crippen LogP contribution in [0.1, 0.15) is 18.6 Å². The number of hydrogen-bond acceptors (Lipinski definition) is 3. The third-order valence-corrected chi connectivity index (χ3v) is 3.36. The van der Waals surface area contributed by atoms with Crippen LogP contribution in [0.15, 0.2) is 24.8 Å². The first-order valence-electron chi connectivity index (χ1n) is 5.59. The summed E-state index contributed by atoms with van der Waals surface area (Å²) in [5, 5.41) is 0.665. The van der Waals surface area contributed by atoms with E-state index in [1.54, 1.807) is 6.08 Å². The highest BCUT2D eigenvalue weighted by Crippen LogP contribution is 2.36. The maximum atomic E-state index is 6.21. The van der Waals surface area contributed by atoms with Crippen molar-refractivity contribution in [1.82, 2.24) is 0 Å². The Labute approximate surface area is 105 Å². The van der Waals surface area contributed by atoms with Crippen molar-refractivity contribution in [1.29, 1.82) is 0 Å². The summed E-state index contributed by atoms with van der Waals surface area (Å²) in [5.41, 5.74) is 1.82. The molecule has 0 saturated heterocycles. The Kier molecular flexibility index (Phi) is 2.66. The minimum Gasteiger partial charge on any atom is -0.491 e. The molecule has 2 aliphatic rings. The average Bonchev–Trinajstić information content (AvgIpc) is 2.60. The van der Waals surface area contributed by atoms with Crippen LogP contribution in [-0.4, -0.2) is 19.8 Å². The summed E-state index contributed by atoms with van der Waals surface area (Å²) >= 11 is 6.21. The number of benzene rings is 1. The minimum absolute atomic E-state index is 0.0115. The molecule has 1 aromatic rings. The SMILES string of the molecule is C=C[C@H]1OB2OC(C)COc3ccc(Cl)c1c32. The number of halogens is 1. The van der Waals surface area contributed by atoms with Crippen molar-refractivity contribution in [2.24, 2.45) is 0 Å². The van der Waals surface area contributed by atoms with Gasteiger partial charge in [0.05, 0.1) is 12.2 Å². The Morgan fingerprint density at radius 2 is 2.29 bits per heavy atom. The lowest BCUT2D eigenvalue weighted by molar-refractivity contribution is 0.110. The van der Waals surface area contributed by atoms with E-state index < -0.39 is 7.12 Å². The van der Waals surface area contributed by atoms with Crippen molar-refractivity contribution < 1.29 is 14.0 Å². The second kappa shape index (κ2) is 4.05. The molecule has 0 aliphatic carbocycles. The van der Waals surface area contributed by atoms with Crippen molar-refractivity contribution in [3.05, 3.63) is 35.4 Å². The summed E-state index contributed by atoms with van der Waals surface area (Å²) in [6.45, 7) is 6.24. The van der Waals surface area contributed by atoms with Crippen LogP contribution in [0.5, 0.6) is 5.75 Å². The topological polar surface area (TPSA) is 27.7 Å². The molecule has 3 nitrogen and oxygen atoms in total. The molecule has 0 aromatic heterocycles. The zero-order valence-electron chi connectivity index (χ0n) is 9.48. The van der Waals surface area contributed by atoms with E-state index in [9.17, 15) is 0 Å². The fourth-order valence-corrected chi connectivity index (χ4v) is 2.52. The van der Waals surface area contributed by atoms with Crippen LogP contribution in [0.3, 0.4) is 0 Å². The monoisotopic (exact) mass is 250 g/mol. The summed E-state index contributed by atoms with van der Waals surface area (Å²) in [6, 6.07) is 3.69. The van der Waals surface area contributed by atoms with Gasteiger partial charge in [-0.05, 0) is 19.1 Å². The highest BCUT2D eigenvalue weighted by atomic mass is 35.5. The number of rotatable bonds is 1. The summed E-state index contributed by atoms with van der Waals surface area (Å²) < 4.78 is 17.3. The molecule has 1 unspecified atom stereocenters. The molecule has 0 fully saturated rings. The van der Waals surface area contributed by atoms with Crippen LogP contribution >= 0.6 is 11.6 Å². The Morgan fingerprint density at radius 3 is 3.06 bits per heavy atom. The maximum Gasteiger partial charge on any atom is 0.499 e. The minimum atomic E-state index is -0.404. The Hall–Kier alpha value is -0.965. The quantitative estimate of drug-likeness (QED) is 0.564. The highest BCUT2D eigenvalue weighted by Gasteiger charge is 2.43. The second-order valence-electron chi connectivity index (χ2n) is 4.25. The van der Waals surface area contributed by atoms with E-state index in [1.165, 1.54) is 0 Å². The predicted octanol–water partition coefficient (Wildman–Crippen LogP) is 2.09. The van der Waals surface area contributed by atoms with Gasteiger partial charge in [0.2, 0.25) is 0 Å². The van der Waals surface area contributed by atoms with E-state index in [2.05, 4.69) is 6.58 Å². The van der Waals surface area contributed by atoms with E-state index >= 15 is 0 Å². The van der Waals surface area contributed by atoms with Crippen molar-refractivity contribution in [2.45, 2.75) is 19.1 Å². The van der Waals surface area contributed by atoms with Gasteiger partial charge in [-0.1, -0.05) is 17.7 Å². The first-order chi connectivity index (χ1) is 8.20. The van der Waals surface area contributed by atoms with Crippen LogP contribution in [0.25, 0.3) is 0 Å². The number of hydrogen-bond donors (Lipinski definition) is 0.